The summed E-state index contributed by atoms with van der Waals surface area (Å²) >= 11 is 3.70. The van der Waals surface area contributed by atoms with Crippen molar-refractivity contribution in [2.45, 2.75) is 10.3 Å². The Labute approximate surface area is 103 Å². The third kappa shape index (κ3) is 3.16. The predicted molar refractivity (Wildman–Crippen MR) is 67.3 cm³/mol. The number of rotatable bonds is 4. The number of H-pyrrole nitrogens is 1. The van der Waals surface area contributed by atoms with Gasteiger partial charge < -0.3 is 4.98 Å². The Morgan fingerprint density at radius 2 is 2.44 bits per heavy atom. The van der Waals surface area contributed by atoms with Crippen molar-refractivity contribution >= 4 is 33.5 Å². The number of nitrogens with one attached hydrogen (secondary N) is 2. The molecule has 2 rings (SSSR count). The van der Waals surface area contributed by atoms with Crippen LogP contribution in [0, 0.1) is 0 Å². The molecule has 0 spiro atoms. The zero-order chi connectivity index (χ0) is 11.4. The van der Waals surface area contributed by atoms with Crippen LogP contribution < -0.4 is 4.72 Å². The predicted octanol–water partition coefficient (Wildman–Crippen LogP) is 0.537. The molecule has 1 aliphatic heterocycles. The number of aromatic nitrogens is 2. The molecule has 0 aliphatic carbocycles. The summed E-state index contributed by atoms with van der Waals surface area (Å²) in [6.07, 6.45) is 2.67. The number of thioether (sulfide) groups is 2. The molecule has 16 heavy (non-hydrogen) atoms. The van der Waals surface area contributed by atoms with E-state index in [-0.39, 0.29) is 5.03 Å². The second-order valence-corrected chi connectivity index (χ2v) is 7.63. The van der Waals surface area contributed by atoms with Crippen LogP contribution in [0.2, 0.25) is 0 Å². The number of aromatic amines is 1. The van der Waals surface area contributed by atoms with Gasteiger partial charge >= 0.3 is 0 Å². The van der Waals surface area contributed by atoms with Crippen LogP contribution in [0.25, 0.3) is 0 Å². The molecule has 1 aromatic heterocycles. The quantitative estimate of drug-likeness (QED) is 0.841. The molecule has 5 nitrogen and oxygen atoms in total. The van der Waals surface area contributed by atoms with Crippen LogP contribution in [0.5, 0.6) is 0 Å². The van der Waals surface area contributed by atoms with Gasteiger partial charge in [0.2, 0.25) is 0 Å². The van der Waals surface area contributed by atoms with E-state index in [1.54, 1.807) is 0 Å². The van der Waals surface area contributed by atoms with Gasteiger partial charge in [-0.3, -0.25) is 0 Å². The van der Waals surface area contributed by atoms with E-state index in [1.807, 2.05) is 23.5 Å². The first-order valence-corrected chi connectivity index (χ1v) is 8.54. The van der Waals surface area contributed by atoms with Gasteiger partial charge in [-0.1, -0.05) is 0 Å². The Morgan fingerprint density at radius 1 is 1.56 bits per heavy atom. The molecule has 0 saturated carbocycles. The van der Waals surface area contributed by atoms with E-state index < -0.39 is 10.0 Å². The first-order chi connectivity index (χ1) is 7.68. The fourth-order valence-electron chi connectivity index (χ4n) is 1.32. The van der Waals surface area contributed by atoms with Crippen molar-refractivity contribution in [3.63, 3.8) is 0 Å². The zero-order valence-corrected chi connectivity index (χ0v) is 11.0. The Bertz CT molecular complexity index is 412. The lowest BCUT2D eigenvalue weighted by Crippen LogP contribution is -2.33. The van der Waals surface area contributed by atoms with Crippen LogP contribution in [0.15, 0.2) is 17.6 Å². The number of hydrogen-bond donors (Lipinski definition) is 2. The maximum Gasteiger partial charge on any atom is 0.257 e. The number of hydrogen-bond acceptors (Lipinski definition) is 5. The second kappa shape index (κ2) is 5.44. The third-order valence-corrected chi connectivity index (χ3v) is 6.34. The molecule has 1 unspecified atom stereocenters. The lowest BCUT2D eigenvalue weighted by molar-refractivity contribution is 0.578. The highest BCUT2D eigenvalue weighted by Crippen LogP contribution is 2.23. The highest BCUT2D eigenvalue weighted by Gasteiger charge is 2.19. The van der Waals surface area contributed by atoms with Crippen molar-refractivity contribution in [2.24, 2.45) is 0 Å². The van der Waals surface area contributed by atoms with E-state index >= 15 is 0 Å². The SMILES string of the molecule is O=S(=O)(NCC1CSCCS1)c1cnc[nH]1. The van der Waals surface area contributed by atoms with Crippen molar-refractivity contribution in [2.75, 3.05) is 23.8 Å². The fraction of sp³-hybridized carbons (Fsp3) is 0.625. The molecular formula is C8H13N3O2S3. The van der Waals surface area contributed by atoms with Gasteiger partial charge in [-0.05, 0) is 0 Å². The largest absolute Gasteiger partial charge is 0.335 e. The molecule has 1 atom stereocenters. The van der Waals surface area contributed by atoms with Crippen LogP contribution >= 0.6 is 23.5 Å². The maximum absolute atomic E-state index is 11.7. The summed E-state index contributed by atoms with van der Waals surface area (Å²) in [7, 11) is -3.41. The maximum atomic E-state index is 11.7. The van der Waals surface area contributed by atoms with Gasteiger partial charge in [0.05, 0.1) is 12.5 Å². The molecule has 0 aromatic carbocycles. The summed E-state index contributed by atoms with van der Waals surface area (Å²) in [6.45, 7) is 0.485. The number of imidazole rings is 1. The van der Waals surface area contributed by atoms with Crippen molar-refractivity contribution in [1.82, 2.24) is 14.7 Å². The third-order valence-electron chi connectivity index (χ3n) is 2.15. The summed E-state index contributed by atoms with van der Waals surface area (Å²) in [4.78, 5) is 6.29. The first-order valence-electron chi connectivity index (χ1n) is 4.86. The topological polar surface area (TPSA) is 74.8 Å². The molecule has 1 saturated heterocycles. The van der Waals surface area contributed by atoms with E-state index in [4.69, 9.17) is 0 Å². The van der Waals surface area contributed by atoms with Gasteiger partial charge in [0.15, 0.2) is 5.03 Å². The summed E-state index contributed by atoms with van der Waals surface area (Å²) in [6, 6.07) is 0. The number of sulfonamides is 1. The monoisotopic (exact) mass is 279 g/mol. The van der Waals surface area contributed by atoms with Gasteiger partial charge in [0.25, 0.3) is 10.0 Å². The molecule has 1 aromatic rings. The minimum absolute atomic E-state index is 0.126. The van der Waals surface area contributed by atoms with E-state index in [0.717, 1.165) is 17.3 Å². The van der Waals surface area contributed by atoms with E-state index in [9.17, 15) is 8.42 Å². The van der Waals surface area contributed by atoms with Crippen LogP contribution in [0.4, 0.5) is 0 Å². The van der Waals surface area contributed by atoms with Crippen LogP contribution in [0.1, 0.15) is 0 Å². The molecule has 1 aliphatic rings. The molecule has 2 N–H and O–H groups in total. The van der Waals surface area contributed by atoms with Crippen molar-refractivity contribution in [1.29, 1.82) is 0 Å². The smallest absolute Gasteiger partial charge is 0.257 e. The van der Waals surface area contributed by atoms with Crippen LogP contribution in [-0.4, -0.2) is 47.4 Å². The second-order valence-electron chi connectivity index (χ2n) is 3.34. The Kier molecular flexibility index (Phi) is 4.17. The van der Waals surface area contributed by atoms with Gasteiger partial charge in [0.1, 0.15) is 0 Å². The van der Waals surface area contributed by atoms with Gasteiger partial charge in [-0.2, -0.15) is 23.5 Å². The van der Waals surface area contributed by atoms with E-state index in [0.29, 0.717) is 11.8 Å². The molecule has 1 fully saturated rings. The summed E-state index contributed by atoms with van der Waals surface area (Å²) in [5.74, 6) is 3.27. The van der Waals surface area contributed by atoms with E-state index in [1.165, 1.54) is 12.5 Å². The lowest BCUT2D eigenvalue weighted by atomic mass is 10.5. The van der Waals surface area contributed by atoms with E-state index in [2.05, 4.69) is 14.7 Å². The molecule has 90 valence electrons. The summed E-state index contributed by atoms with van der Waals surface area (Å²) in [5, 5.41) is 0.498. The van der Waals surface area contributed by atoms with Crippen LogP contribution in [-0.2, 0) is 10.0 Å². The zero-order valence-electron chi connectivity index (χ0n) is 8.55. The standard InChI is InChI=1S/C8H13N3O2S3/c12-16(13,8-4-9-6-10-8)11-3-7-5-14-1-2-15-7/h4,6-7,11H,1-3,5H2,(H,9,10). The summed E-state index contributed by atoms with van der Waals surface area (Å²) in [5.41, 5.74) is 0. The van der Waals surface area contributed by atoms with Gasteiger partial charge in [-0.25, -0.2) is 18.1 Å². The molecule has 0 radical (unpaired) electrons. The normalized spacial score (nSPS) is 22.1. The Morgan fingerprint density at radius 3 is 3.06 bits per heavy atom. The lowest BCUT2D eigenvalue weighted by Gasteiger charge is -2.20. The fourth-order valence-corrected chi connectivity index (χ4v) is 5.03. The highest BCUT2D eigenvalue weighted by atomic mass is 32.2. The molecule has 0 bridgehead atoms. The van der Waals surface area contributed by atoms with Crippen LogP contribution in [0.3, 0.4) is 0 Å². The van der Waals surface area contributed by atoms with Crippen molar-refractivity contribution in [3.05, 3.63) is 12.5 Å². The Balaban J connectivity index is 1.89. The van der Waals surface area contributed by atoms with Crippen molar-refractivity contribution < 1.29 is 8.42 Å². The average molecular weight is 279 g/mol. The minimum atomic E-state index is -3.41. The van der Waals surface area contributed by atoms with Crippen molar-refractivity contribution in [3.8, 4) is 0 Å². The van der Waals surface area contributed by atoms with Gasteiger partial charge in [-0.15, -0.1) is 0 Å². The number of nitrogens with zero attached hydrogens (tertiary/aromatic N) is 1. The molecular weight excluding hydrogens is 266 g/mol. The molecule has 2 heterocycles. The first kappa shape index (κ1) is 12.3. The minimum Gasteiger partial charge on any atom is -0.335 e. The molecule has 8 heteroatoms. The van der Waals surface area contributed by atoms with Gasteiger partial charge in [0, 0.05) is 29.1 Å². The average Bonchev–Trinajstić information content (AvgIpc) is 2.82. The summed E-state index contributed by atoms with van der Waals surface area (Å²) < 4.78 is 26.1. The Hall–Kier alpha value is -0.180. The highest BCUT2D eigenvalue weighted by molar-refractivity contribution is 8.06. The molecule has 0 amide bonds.